The summed E-state index contributed by atoms with van der Waals surface area (Å²) in [5.74, 6) is 6.10. The Hall–Kier alpha value is -2.93. The molecular weight excluding hydrogens is 278 g/mol. The predicted octanol–water partition coefficient (Wildman–Crippen LogP) is 2.77. The number of hydrogen-bond acceptors (Lipinski definition) is 4. The number of ether oxygens (including phenoxy) is 2. The van der Waals surface area contributed by atoms with Gasteiger partial charge < -0.3 is 15.2 Å². The van der Waals surface area contributed by atoms with Crippen LogP contribution in [0.15, 0.2) is 36.4 Å². The van der Waals surface area contributed by atoms with E-state index < -0.39 is 5.97 Å². The van der Waals surface area contributed by atoms with Crippen LogP contribution in [0.4, 0.5) is 5.69 Å². The predicted molar refractivity (Wildman–Crippen MR) is 85.9 cm³/mol. The highest BCUT2D eigenvalue weighted by molar-refractivity contribution is 5.93. The fourth-order valence-electron chi connectivity index (χ4n) is 2.01. The Labute approximate surface area is 129 Å². The summed E-state index contributed by atoms with van der Waals surface area (Å²) < 4.78 is 9.99. The van der Waals surface area contributed by atoms with Crippen molar-refractivity contribution in [2.45, 2.75) is 6.92 Å². The Morgan fingerprint density at radius 3 is 2.41 bits per heavy atom. The molecule has 0 aliphatic heterocycles. The van der Waals surface area contributed by atoms with Crippen LogP contribution in [0.1, 0.15) is 27.0 Å². The molecule has 2 aromatic carbocycles. The molecule has 0 fully saturated rings. The van der Waals surface area contributed by atoms with Crippen molar-refractivity contribution in [3.8, 4) is 17.6 Å². The summed E-state index contributed by atoms with van der Waals surface area (Å²) in [5, 5.41) is 0. The van der Waals surface area contributed by atoms with Gasteiger partial charge in [-0.15, -0.1) is 0 Å². The molecule has 2 aromatic rings. The van der Waals surface area contributed by atoms with E-state index in [4.69, 9.17) is 15.2 Å². The number of esters is 1. The van der Waals surface area contributed by atoms with Gasteiger partial charge in [-0.25, -0.2) is 4.79 Å². The maximum Gasteiger partial charge on any atom is 0.341 e. The van der Waals surface area contributed by atoms with E-state index in [2.05, 4.69) is 11.8 Å². The third-order valence-electron chi connectivity index (χ3n) is 3.24. The molecule has 0 amide bonds. The van der Waals surface area contributed by atoms with Gasteiger partial charge in [-0.1, -0.05) is 24.0 Å². The number of aryl methyl sites for hydroxylation is 1. The lowest BCUT2D eigenvalue weighted by atomic mass is 10.0. The molecular formula is C18H17NO3. The number of benzene rings is 2. The highest BCUT2D eigenvalue weighted by atomic mass is 16.5. The highest BCUT2D eigenvalue weighted by Gasteiger charge is 2.14. The van der Waals surface area contributed by atoms with Crippen LogP contribution in [0.2, 0.25) is 0 Å². The molecule has 0 radical (unpaired) electrons. The number of rotatable bonds is 2. The van der Waals surface area contributed by atoms with E-state index in [1.807, 2.05) is 25.1 Å². The number of carbonyl (C=O) groups excluding carboxylic acids is 1. The summed E-state index contributed by atoms with van der Waals surface area (Å²) in [6, 6.07) is 10.8. The topological polar surface area (TPSA) is 61.5 Å². The van der Waals surface area contributed by atoms with E-state index in [1.165, 1.54) is 14.2 Å². The fraction of sp³-hybridized carbons (Fsp3) is 0.167. The van der Waals surface area contributed by atoms with Gasteiger partial charge in [0.1, 0.15) is 11.3 Å². The number of anilines is 1. The maximum absolute atomic E-state index is 11.7. The van der Waals surface area contributed by atoms with Crippen molar-refractivity contribution in [2.24, 2.45) is 0 Å². The number of hydrogen-bond donors (Lipinski definition) is 1. The van der Waals surface area contributed by atoms with Crippen LogP contribution in [0.3, 0.4) is 0 Å². The second-order valence-electron chi connectivity index (χ2n) is 4.70. The quantitative estimate of drug-likeness (QED) is 0.526. The summed E-state index contributed by atoms with van der Waals surface area (Å²) >= 11 is 0. The molecule has 22 heavy (non-hydrogen) atoms. The van der Waals surface area contributed by atoms with E-state index in [9.17, 15) is 4.79 Å². The molecule has 0 bridgehead atoms. The molecule has 0 aromatic heterocycles. The number of nitrogens with two attached hydrogens (primary N) is 1. The molecule has 0 spiro atoms. The van der Waals surface area contributed by atoms with E-state index in [0.717, 1.165) is 16.7 Å². The highest BCUT2D eigenvalue weighted by Crippen LogP contribution is 2.24. The molecule has 4 nitrogen and oxygen atoms in total. The van der Waals surface area contributed by atoms with Crippen LogP contribution in [0, 0.1) is 18.8 Å². The van der Waals surface area contributed by atoms with Crippen molar-refractivity contribution in [3.63, 3.8) is 0 Å². The lowest BCUT2D eigenvalue weighted by Gasteiger charge is -2.09. The van der Waals surface area contributed by atoms with Crippen LogP contribution in [-0.2, 0) is 4.74 Å². The number of carbonyl (C=O) groups is 1. The van der Waals surface area contributed by atoms with Crippen LogP contribution in [-0.4, -0.2) is 20.2 Å². The van der Waals surface area contributed by atoms with Crippen LogP contribution in [0.25, 0.3) is 0 Å². The Balaban J connectivity index is 2.46. The molecule has 0 aliphatic rings. The van der Waals surface area contributed by atoms with E-state index in [0.29, 0.717) is 17.0 Å². The van der Waals surface area contributed by atoms with Crippen molar-refractivity contribution in [1.82, 2.24) is 0 Å². The van der Waals surface area contributed by atoms with Gasteiger partial charge in [-0.2, -0.15) is 0 Å². The van der Waals surface area contributed by atoms with Crippen LogP contribution < -0.4 is 10.5 Å². The molecule has 0 saturated carbocycles. The zero-order chi connectivity index (χ0) is 16.1. The molecule has 0 saturated heterocycles. The monoisotopic (exact) mass is 295 g/mol. The molecule has 0 atom stereocenters. The summed E-state index contributed by atoms with van der Waals surface area (Å²) in [6.07, 6.45) is 0. The molecule has 4 heteroatoms. The first kappa shape index (κ1) is 15.5. The largest absolute Gasteiger partial charge is 0.496 e. The molecule has 0 aliphatic carbocycles. The molecule has 112 valence electrons. The van der Waals surface area contributed by atoms with Crippen molar-refractivity contribution < 1.29 is 14.3 Å². The van der Waals surface area contributed by atoms with Crippen molar-refractivity contribution in [2.75, 3.05) is 20.0 Å². The number of para-hydroxylation sites is 1. The standard InChI is InChI=1S/C18H17NO3/c1-12-10-15(18(20)22-3)17(21-2)11-14(12)9-8-13-6-4-5-7-16(13)19/h4-7,10-11H,19H2,1-3H3. The second-order valence-corrected chi connectivity index (χ2v) is 4.70. The zero-order valence-electron chi connectivity index (χ0n) is 12.8. The lowest BCUT2D eigenvalue weighted by Crippen LogP contribution is -2.05. The van der Waals surface area contributed by atoms with Gasteiger partial charge in [0, 0.05) is 16.8 Å². The summed E-state index contributed by atoms with van der Waals surface area (Å²) in [4.78, 5) is 11.7. The average molecular weight is 295 g/mol. The van der Waals surface area contributed by atoms with Gasteiger partial charge in [-0.05, 0) is 36.8 Å². The zero-order valence-corrected chi connectivity index (χ0v) is 12.8. The Morgan fingerprint density at radius 1 is 1.09 bits per heavy atom. The van der Waals surface area contributed by atoms with Gasteiger partial charge in [0.2, 0.25) is 0 Å². The smallest absolute Gasteiger partial charge is 0.341 e. The molecule has 2 N–H and O–H groups in total. The van der Waals surface area contributed by atoms with E-state index in [1.54, 1.807) is 18.2 Å². The lowest BCUT2D eigenvalue weighted by molar-refractivity contribution is 0.0597. The minimum Gasteiger partial charge on any atom is -0.496 e. The van der Waals surface area contributed by atoms with Gasteiger partial charge in [0.25, 0.3) is 0 Å². The van der Waals surface area contributed by atoms with E-state index in [-0.39, 0.29) is 0 Å². The van der Waals surface area contributed by atoms with Crippen molar-refractivity contribution in [1.29, 1.82) is 0 Å². The SMILES string of the molecule is COC(=O)c1cc(C)c(C#Cc2ccccc2N)cc1OC. The molecule has 0 heterocycles. The van der Waals surface area contributed by atoms with Crippen molar-refractivity contribution >= 4 is 11.7 Å². The minimum absolute atomic E-state index is 0.382. The third kappa shape index (κ3) is 3.21. The van der Waals surface area contributed by atoms with Crippen LogP contribution >= 0.6 is 0 Å². The average Bonchev–Trinajstić information content (AvgIpc) is 2.54. The first-order valence-electron chi connectivity index (χ1n) is 6.70. The van der Waals surface area contributed by atoms with Gasteiger partial charge in [0.05, 0.1) is 14.2 Å². The van der Waals surface area contributed by atoms with Crippen LogP contribution in [0.5, 0.6) is 5.75 Å². The Bertz CT molecular complexity index is 770. The summed E-state index contributed by atoms with van der Waals surface area (Å²) in [7, 11) is 2.84. The first-order valence-corrected chi connectivity index (χ1v) is 6.70. The fourth-order valence-corrected chi connectivity index (χ4v) is 2.01. The Kier molecular flexibility index (Phi) is 4.70. The minimum atomic E-state index is -0.438. The molecule has 0 unspecified atom stereocenters. The van der Waals surface area contributed by atoms with Crippen molar-refractivity contribution in [3.05, 3.63) is 58.7 Å². The van der Waals surface area contributed by atoms with Gasteiger partial charge in [0.15, 0.2) is 0 Å². The van der Waals surface area contributed by atoms with E-state index >= 15 is 0 Å². The molecule has 2 rings (SSSR count). The second kappa shape index (κ2) is 6.68. The first-order chi connectivity index (χ1) is 10.6. The van der Waals surface area contributed by atoms with Gasteiger partial charge >= 0.3 is 5.97 Å². The maximum atomic E-state index is 11.7. The summed E-state index contributed by atoms with van der Waals surface area (Å²) in [6.45, 7) is 1.88. The summed E-state index contributed by atoms with van der Waals surface area (Å²) in [5.41, 5.74) is 9.28. The Morgan fingerprint density at radius 2 is 1.77 bits per heavy atom. The van der Waals surface area contributed by atoms with Gasteiger partial charge in [-0.3, -0.25) is 0 Å². The third-order valence-corrected chi connectivity index (χ3v) is 3.24. The normalized spacial score (nSPS) is 9.59. The number of nitrogen functional groups attached to an aromatic ring is 1. The number of methoxy groups -OCH3 is 2.